The van der Waals surface area contributed by atoms with Crippen LogP contribution in [0.5, 0.6) is 0 Å². The second-order valence-electron chi connectivity index (χ2n) is 6.34. The van der Waals surface area contributed by atoms with Crippen LogP contribution in [0.15, 0.2) is 60.7 Å². The number of carbonyl (C=O) groups excluding carboxylic acids is 1. The molecule has 3 N–H and O–H groups in total. The summed E-state index contributed by atoms with van der Waals surface area (Å²) < 4.78 is 0. The molecule has 0 aliphatic carbocycles. The minimum absolute atomic E-state index is 0.0589. The summed E-state index contributed by atoms with van der Waals surface area (Å²) in [7, 11) is 0. The molecule has 2 aromatic carbocycles. The Morgan fingerprint density at radius 1 is 1.12 bits per heavy atom. The molecule has 0 aliphatic heterocycles. The number of nitrogens with zero attached hydrogens (tertiary/aromatic N) is 1. The third kappa shape index (κ3) is 3.95. The van der Waals surface area contributed by atoms with Gasteiger partial charge in [0.2, 0.25) is 5.91 Å². The number of amides is 1. The third-order valence-electron chi connectivity index (χ3n) is 4.14. The van der Waals surface area contributed by atoms with Crippen LogP contribution in [0, 0.1) is 6.92 Å². The van der Waals surface area contributed by atoms with Gasteiger partial charge in [0.05, 0.1) is 17.5 Å². The van der Waals surface area contributed by atoms with E-state index in [1.807, 2.05) is 55.5 Å². The number of anilines is 1. The Morgan fingerprint density at radius 2 is 1.80 bits per heavy atom. The van der Waals surface area contributed by atoms with Crippen molar-refractivity contribution in [2.45, 2.75) is 25.9 Å². The average molecular weight is 335 g/mol. The van der Waals surface area contributed by atoms with Gasteiger partial charge in [-0.3, -0.25) is 15.6 Å². The first-order valence-corrected chi connectivity index (χ1v) is 8.15. The molecule has 0 aliphatic rings. The van der Waals surface area contributed by atoms with Crippen molar-refractivity contribution in [2.24, 2.45) is 0 Å². The van der Waals surface area contributed by atoms with Crippen LogP contribution < -0.4 is 10.9 Å². The highest BCUT2D eigenvalue weighted by molar-refractivity contribution is 5.83. The number of aliphatic hydroxyl groups is 1. The van der Waals surface area contributed by atoms with Gasteiger partial charge in [0.25, 0.3) is 0 Å². The predicted octanol–water partition coefficient (Wildman–Crippen LogP) is 3.28. The fraction of sp³-hybridized carbons (Fsp3) is 0.200. The highest BCUT2D eigenvalue weighted by Crippen LogP contribution is 2.24. The zero-order valence-electron chi connectivity index (χ0n) is 14.3. The van der Waals surface area contributed by atoms with Crippen molar-refractivity contribution in [3.05, 3.63) is 71.8 Å². The summed E-state index contributed by atoms with van der Waals surface area (Å²) in [6.07, 6.45) is -0.0589. The first kappa shape index (κ1) is 16.9. The van der Waals surface area contributed by atoms with Crippen LogP contribution >= 0.6 is 0 Å². The number of carbonyl (C=O) groups is 1. The van der Waals surface area contributed by atoms with E-state index in [0.717, 1.165) is 16.5 Å². The zero-order valence-corrected chi connectivity index (χ0v) is 14.3. The first-order valence-electron chi connectivity index (χ1n) is 8.15. The lowest BCUT2D eigenvalue weighted by Gasteiger charge is -2.23. The van der Waals surface area contributed by atoms with Crippen molar-refractivity contribution < 1.29 is 9.90 Å². The molecule has 25 heavy (non-hydrogen) atoms. The maximum atomic E-state index is 12.2. The second-order valence-corrected chi connectivity index (χ2v) is 6.34. The van der Waals surface area contributed by atoms with E-state index in [1.54, 1.807) is 19.1 Å². The smallest absolute Gasteiger partial charge is 0.241 e. The second kappa shape index (κ2) is 6.91. The van der Waals surface area contributed by atoms with Gasteiger partial charge in [0.15, 0.2) is 0 Å². The highest BCUT2D eigenvalue weighted by Gasteiger charge is 2.26. The fourth-order valence-electron chi connectivity index (χ4n) is 2.73. The standard InChI is InChI=1S/C20H21N3O2/c1-14-12-15-8-6-7-11-17(15)21-19(14)23-22-18(24)13-20(2,25)16-9-4-3-5-10-16/h3-12,25H,13H2,1-2H3,(H,21,23)(H,22,24). The third-order valence-corrected chi connectivity index (χ3v) is 4.14. The molecule has 128 valence electrons. The van der Waals surface area contributed by atoms with Crippen LogP contribution in [0.2, 0.25) is 0 Å². The Kier molecular flexibility index (Phi) is 4.67. The van der Waals surface area contributed by atoms with E-state index in [9.17, 15) is 9.90 Å². The molecule has 0 spiro atoms. The predicted molar refractivity (Wildman–Crippen MR) is 98.9 cm³/mol. The number of fused-ring (bicyclic) bond motifs is 1. The van der Waals surface area contributed by atoms with E-state index in [2.05, 4.69) is 15.8 Å². The van der Waals surface area contributed by atoms with Crippen LogP contribution in [0.1, 0.15) is 24.5 Å². The van der Waals surface area contributed by atoms with Crippen LogP contribution in [0.4, 0.5) is 5.82 Å². The average Bonchev–Trinajstić information content (AvgIpc) is 2.60. The van der Waals surface area contributed by atoms with Gasteiger partial charge in [0, 0.05) is 5.39 Å². The molecule has 5 nitrogen and oxygen atoms in total. The van der Waals surface area contributed by atoms with Crippen molar-refractivity contribution in [3.63, 3.8) is 0 Å². The summed E-state index contributed by atoms with van der Waals surface area (Å²) in [5.41, 5.74) is 6.71. The van der Waals surface area contributed by atoms with Crippen molar-refractivity contribution in [2.75, 3.05) is 5.43 Å². The largest absolute Gasteiger partial charge is 0.385 e. The van der Waals surface area contributed by atoms with E-state index in [1.165, 1.54) is 0 Å². The number of aryl methyl sites for hydroxylation is 1. The minimum atomic E-state index is -1.24. The van der Waals surface area contributed by atoms with Crippen molar-refractivity contribution >= 4 is 22.6 Å². The lowest BCUT2D eigenvalue weighted by atomic mass is 9.92. The molecular formula is C20H21N3O2. The summed E-state index contributed by atoms with van der Waals surface area (Å²) in [5.74, 6) is 0.273. The van der Waals surface area contributed by atoms with Crippen molar-refractivity contribution in [1.29, 1.82) is 0 Å². The Labute approximate surface area is 146 Å². The summed E-state index contributed by atoms with van der Waals surface area (Å²) in [4.78, 5) is 16.7. The van der Waals surface area contributed by atoms with Crippen LogP contribution in [0.3, 0.4) is 0 Å². The quantitative estimate of drug-likeness (QED) is 0.626. The van der Waals surface area contributed by atoms with Gasteiger partial charge in [-0.25, -0.2) is 4.98 Å². The number of hydrogen-bond donors (Lipinski definition) is 3. The maximum absolute atomic E-state index is 12.2. The molecule has 0 radical (unpaired) electrons. The summed E-state index contributed by atoms with van der Waals surface area (Å²) in [6, 6.07) is 19.0. The van der Waals surface area contributed by atoms with Crippen LogP contribution in [0.25, 0.3) is 10.9 Å². The molecule has 1 atom stereocenters. The number of hydrazine groups is 1. The maximum Gasteiger partial charge on any atom is 0.241 e. The van der Waals surface area contributed by atoms with E-state index in [0.29, 0.717) is 11.4 Å². The molecule has 3 rings (SSSR count). The number of hydrogen-bond acceptors (Lipinski definition) is 4. The molecule has 0 saturated carbocycles. The van der Waals surface area contributed by atoms with Gasteiger partial charge >= 0.3 is 0 Å². The van der Waals surface area contributed by atoms with E-state index < -0.39 is 5.60 Å². The number of aromatic nitrogens is 1. The minimum Gasteiger partial charge on any atom is -0.385 e. The number of pyridine rings is 1. The van der Waals surface area contributed by atoms with E-state index in [-0.39, 0.29) is 12.3 Å². The molecule has 0 bridgehead atoms. The molecular weight excluding hydrogens is 314 g/mol. The lowest BCUT2D eigenvalue weighted by molar-refractivity contribution is -0.125. The molecule has 5 heteroatoms. The number of para-hydroxylation sites is 1. The number of rotatable bonds is 5. The van der Waals surface area contributed by atoms with Crippen molar-refractivity contribution in [3.8, 4) is 0 Å². The van der Waals surface area contributed by atoms with Crippen LogP contribution in [-0.4, -0.2) is 16.0 Å². The van der Waals surface area contributed by atoms with Gasteiger partial charge in [-0.15, -0.1) is 0 Å². The molecule has 3 aromatic rings. The fourth-order valence-corrected chi connectivity index (χ4v) is 2.73. The lowest BCUT2D eigenvalue weighted by Crippen LogP contribution is -2.36. The van der Waals surface area contributed by atoms with E-state index in [4.69, 9.17) is 0 Å². The summed E-state index contributed by atoms with van der Waals surface area (Å²) in [5, 5.41) is 11.6. The van der Waals surface area contributed by atoms with Gasteiger partial charge < -0.3 is 5.11 Å². The first-order chi connectivity index (χ1) is 12.0. The number of benzene rings is 2. The molecule has 1 aromatic heterocycles. The number of nitrogens with one attached hydrogen (secondary N) is 2. The van der Waals surface area contributed by atoms with Gasteiger partial charge in [-0.05, 0) is 37.1 Å². The van der Waals surface area contributed by atoms with Gasteiger partial charge in [-0.2, -0.15) is 0 Å². The topological polar surface area (TPSA) is 74.2 Å². The SMILES string of the molecule is Cc1cc2ccccc2nc1NNC(=O)CC(C)(O)c1ccccc1. The Bertz CT molecular complexity index is 892. The van der Waals surface area contributed by atoms with Crippen molar-refractivity contribution in [1.82, 2.24) is 10.4 Å². The normalized spacial score (nSPS) is 13.2. The molecule has 0 fully saturated rings. The monoisotopic (exact) mass is 335 g/mol. The van der Waals surface area contributed by atoms with Gasteiger partial charge in [-0.1, -0.05) is 48.5 Å². The summed E-state index contributed by atoms with van der Waals surface area (Å²) >= 11 is 0. The molecule has 1 heterocycles. The molecule has 1 amide bonds. The Hall–Kier alpha value is -2.92. The highest BCUT2D eigenvalue weighted by atomic mass is 16.3. The Balaban J connectivity index is 1.67. The van der Waals surface area contributed by atoms with Crippen LogP contribution in [-0.2, 0) is 10.4 Å². The molecule has 0 saturated heterocycles. The van der Waals surface area contributed by atoms with E-state index >= 15 is 0 Å². The molecule has 1 unspecified atom stereocenters. The van der Waals surface area contributed by atoms with Gasteiger partial charge in [0.1, 0.15) is 5.82 Å². The summed E-state index contributed by atoms with van der Waals surface area (Å²) in [6.45, 7) is 3.55. The Morgan fingerprint density at radius 3 is 2.56 bits per heavy atom. The zero-order chi connectivity index (χ0) is 17.9.